The molecule has 4 aromatic rings. The highest BCUT2D eigenvalue weighted by Gasteiger charge is 2.12. The predicted molar refractivity (Wildman–Crippen MR) is 148 cm³/mol. The van der Waals surface area contributed by atoms with Crippen LogP contribution in [-0.4, -0.2) is 13.0 Å². The minimum Gasteiger partial charge on any atom is -0.493 e. The highest BCUT2D eigenvalue weighted by Crippen LogP contribution is 2.30. The smallest absolute Gasteiger partial charge is 0.266 e. The first-order chi connectivity index (χ1) is 18.5. The van der Waals surface area contributed by atoms with Gasteiger partial charge in [0.15, 0.2) is 11.5 Å². The van der Waals surface area contributed by atoms with Crippen LogP contribution in [-0.2, 0) is 18.0 Å². The van der Waals surface area contributed by atoms with Crippen molar-refractivity contribution in [2.24, 2.45) is 0 Å². The first-order valence-corrected chi connectivity index (χ1v) is 12.1. The third kappa shape index (κ3) is 7.25. The molecule has 4 rings (SSSR count). The van der Waals surface area contributed by atoms with E-state index in [1.54, 1.807) is 49.6 Å². The molecule has 6 nitrogen and oxygen atoms in total. The van der Waals surface area contributed by atoms with Crippen LogP contribution in [0.2, 0.25) is 0 Å². The normalized spacial score (nSPS) is 10.8. The molecule has 0 aliphatic heterocycles. The van der Waals surface area contributed by atoms with Crippen molar-refractivity contribution in [1.82, 2.24) is 0 Å². The molecule has 0 saturated heterocycles. The predicted octanol–water partition coefficient (Wildman–Crippen LogP) is 6.71. The molecule has 0 bridgehead atoms. The van der Waals surface area contributed by atoms with Crippen molar-refractivity contribution in [3.05, 3.63) is 125 Å². The Hall–Kier alpha value is -5.02. The van der Waals surface area contributed by atoms with Crippen molar-refractivity contribution in [3.8, 4) is 23.3 Å². The van der Waals surface area contributed by atoms with E-state index in [1.807, 2.05) is 67.6 Å². The van der Waals surface area contributed by atoms with Crippen LogP contribution in [0.15, 0.2) is 103 Å². The van der Waals surface area contributed by atoms with Gasteiger partial charge in [0.05, 0.1) is 7.11 Å². The van der Waals surface area contributed by atoms with Gasteiger partial charge in [-0.25, -0.2) is 0 Å². The quantitative estimate of drug-likeness (QED) is 0.192. The van der Waals surface area contributed by atoms with E-state index in [1.165, 1.54) is 11.6 Å². The minimum atomic E-state index is -0.510. The Bertz CT molecular complexity index is 1440. The number of hydrogen-bond donors (Lipinski definition) is 1. The van der Waals surface area contributed by atoms with E-state index in [0.717, 1.165) is 11.1 Å². The summed E-state index contributed by atoms with van der Waals surface area (Å²) in [5.41, 5.74) is 4.45. The molecule has 0 aliphatic carbocycles. The second-order valence-electron chi connectivity index (χ2n) is 8.61. The largest absolute Gasteiger partial charge is 0.493 e. The summed E-state index contributed by atoms with van der Waals surface area (Å²) in [6.07, 6.45) is 1.51. The van der Waals surface area contributed by atoms with Crippen LogP contribution >= 0.6 is 0 Å². The zero-order chi connectivity index (χ0) is 26.7. The lowest BCUT2D eigenvalue weighted by atomic mass is 10.1. The van der Waals surface area contributed by atoms with Gasteiger partial charge in [0.1, 0.15) is 30.6 Å². The Kier molecular flexibility index (Phi) is 8.77. The summed E-state index contributed by atoms with van der Waals surface area (Å²) in [5.74, 6) is 1.25. The number of aryl methyl sites for hydroxylation is 1. The zero-order valence-corrected chi connectivity index (χ0v) is 21.3. The Morgan fingerprint density at radius 3 is 2.21 bits per heavy atom. The second-order valence-corrected chi connectivity index (χ2v) is 8.61. The van der Waals surface area contributed by atoms with Crippen LogP contribution in [0.3, 0.4) is 0 Å². The first-order valence-electron chi connectivity index (χ1n) is 12.1. The molecule has 0 aliphatic rings. The lowest BCUT2D eigenvalue weighted by molar-refractivity contribution is -0.112. The summed E-state index contributed by atoms with van der Waals surface area (Å²) in [6, 6.07) is 32.2. The number of nitriles is 1. The van der Waals surface area contributed by atoms with E-state index in [4.69, 9.17) is 14.2 Å². The van der Waals surface area contributed by atoms with E-state index in [2.05, 4.69) is 5.32 Å². The lowest BCUT2D eigenvalue weighted by Gasteiger charge is -2.12. The molecular formula is C32H28N2O4. The molecule has 0 radical (unpaired) electrons. The maximum absolute atomic E-state index is 12.8. The maximum Gasteiger partial charge on any atom is 0.266 e. The molecule has 0 heterocycles. The molecule has 0 unspecified atom stereocenters. The highest BCUT2D eigenvalue weighted by molar-refractivity contribution is 6.09. The molecule has 4 aromatic carbocycles. The number of anilines is 1. The van der Waals surface area contributed by atoms with Crippen LogP contribution in [0, 0.1) is 18.3 Å². The van der Waals surface area contributed by atoms with E-state index < -0.39 is 5.91 Å². The summed E-state index contributed by atoms with van der Waals surface area (Å²) < 4.78 is 17.2. The minimum absolute atomic E-state index is 0.0372. The molecule has 0 saturated carbocycles. The molecule has 38 heavy (non-hydrogen) atoms. The van der Waals surface area contributed by atoms with Crippen molar-refractivity contribution in [2.75, 3.05) is 12.4 Å². The SMILES string of the molecule is COc1cc(/C=C(\C#N)C(=O)Nc2ccc(OCc3ccccc3)cc2)ccc1OCc1ccc(C)cc1. The van der Waals surface area contributed by atoms with E-state index in [0.29, 0.717) is 41.7 Å². The second kappa shape index (κ2) is 12.8. The fourth-order valence-corrected chi connectivity index (χ4v) is 3.63. The summed E-state index contributed by atoms with van der Waals surface area (Å²) >= 11 is 0. The molecule has 0 fully saturated rings. The van der Waals surface area contributed by atoms with Crippen LogP contribution < -0.4 is 19.5 Å². The van der Waals surface area contributed by atoms with Gasteiger partial charge >= 0.3 is 0 Å². The average molecular weight is 505 g/mol. The Morgan fingerprint density at radius 2 is 1.53 bits per heavy atom. The molecular weight excluding hydrogens is 476 g/mol. The van der Waals surface area contributed by atoms with E-state index in [-0.39, 0.29) is 5.57 Å². The summed E-state index contributed by atoms with van der Waals surface area (Å²) in [6.45, 7) is 2.88. The van der Waals surface area contributed by atoms with Crippen LogP contribution in [0.5, 0.6) is 17.2 Å². The van der Waals surface area contributed by atoms with Crippen molar-refractivity contribution in [2.45, 2.75) is 20.1 Å². The monoisotopic (exact) mass is 504 g/mol. The van der Waals surface area contributed by atoms with E-state index in [9.17, 15) is 10.1 Å². The molecule has 0 aromatic heterocycles. The van der Waals surface area contributed by atoms with Gasteiger partial charge in [-0.1, -0.05) is 66.2 Å². The van der Waals surface area contributed by atoms with Gasteiger partial charge in [-0.2, -0.15) is 5.26 Å². The number of ether oxygens (including phenoxy) is 3. The zero-order valence-electron chi connectivity index (χ0n) is 21.3. The Labute approximate surface area is 222 Å². The third-order valence-electron chi connectivity index (χ3n) is 5.74. The Balaban J connectivity index is 1.38. The third-order valence-corrected chi connectivity index (χ3v) is 5.74. The van der Waals surface area contributed by atoms with Crippen molar-refractivity contribution < 1.29 is 19.0 Å². The van der Waals surface area contributed by atoms with Crippen LogP contribution in [0.1, 0.15) is 22.3 Å². The van der Waals surface area contributed by atoms with Gasteiger partial charge in [-0.15, -0.1) is 0 Å². The molecule has 190 valence electrons. The van der Waals surface area contributed by atoms with Crippen LogP contribution in [0.25, 0.3) is 6.08 Å². The highest BCUT2D eigenvalue weighted by atomic mass is 16.5. The number of carbonyl (C=O) groups excluding carboxylic acids is 1. The average Bonchev–Trinajstić information content (AvgIpc) is 2.96. The topological polar surface area (TPSA) is 80.6 Å². The number of hydrogen-bond acceptors (Lipinski definition) is 5. The van der Waals surface area contributed by atoms with Gasteiger partial charge in [0, 0.05) is 5.69 Å². The number of rotatable bonds is 10. The van der Waals surface area contributed by atoms with Gasteiger partial charge in [0.2, 0.25) is 0 Å². The summed E-state index contributed by atoms with van der Waals surface area (Å²) in [7, 11) is 1.55. The molecule has 0 atom stereocenters. The van der Waals surface area contributed by atoms with Gasteiger partial charge in [-0.3, -0.25) is 4.79 Å². The number of nitrogens with one attached hydrogen (secondary N) is 1. The lowest BCUT2D eigenvalue weighted by Crippen LogP contribution is -2.13. The van der Waals surface area contributed by atoms with Crippen molar-refractivity contribution >= 4 is 17.7 Å². The van der Waals surface area contributed by atoms with Crippen molar-refractivity contribution in [3.63, 3.8) is 0 Å². The van der Waals surface area contributed by atoms with Gasteiger partial charge in [0.25, 0.3) is 5.91 Å². The van der Waals surface area contributed by atoms with Gasteiger partial charge < -0.3 is 19.5 Å². The number of carbonyl (C=O) groups is 1. The summed E-state index contributed by atoms with van der Waals surface area (Å²) in [4.78, 5) is 12.8. The standard InChI is InChI=1S/C32H28N2O4/c1-23-8-10-25(11-9-23)22-38-30-17-12-26(19-31(30)36-2)18-27(20-33)32(35)34-28-13-15-29(16-14-28)37-21-24-6-4-3-5-7-24/h3-19H,21-22H2,1-2H3,(H,34,35)/b27-18+. The molecule has 1 N–H and O–H groups in total. The number of benzene rings is 4. The van der Waals surface area contributed by atoms with E-state index >= 15 is 0 Å². The molecule has 0 spiro atoms. The fraction of sp³-hybridized carbons (Fsp3) is 0.125. The number of amides is 1. The number of methoxy groups -OCH3 is 1. The fourth-order valence-electron chi connectivity index (χ4n) is 3.63. The maximum atomic E-state index is 12.8. The summed E-state index contributed by atoms with van der Waals surface area (Å²) in [5, 5.41) is 12.4. The van der Waals surface area contributed by atoms with Gasteiger partial charge in [-0.05, 0) is 66.1 Å². The van der Waals surface area contributed by atoms with Crippen LogP contribution in [0.4, 0.5) is 5.69 Å². The molecule has 1 amide bonds. The number of nitrogens with zero attached hydrogens (tertiary/aromatic N) is 1. The Morgan fingerprint density at radius 1 is 0.842 bits per heavy atom. The molecule has 6 heteroatoms. The van der Waals surface area contributed by atoms with Crippen molar-refractivity contribution in [1.29, 1.82) is 5.26 Å². The first kappa shape index (κ1) is 26.1.